The van der Waals surface area contributed by atoms with Gasteiger partial charge < -0.3 is 10.5 Å². The number of nitrogens with two attached hydrogens (primary N) is 1. The van der Waals surface area contributed by atoms with Crippen LogP contribution in [0.2, 0.25) is 0 Å². The van der Waals surface area contributed by atoms with Crippen LogP contribution in [0.25, 0.3) is 0 Å². The zero-order valence-electron chi connectivity index (χ0n) is 7.48. The highest BCUT2D eigenvalue weighted by Gasteiger charge is 2.13. The predicted octanol–water partition coefficient (Wildman–Crippen LogP) is 0.601. The number of hydrogen-bond acceptors (Lipinski definition) is 4. The van der Waals surface area contributed by atoms with Gasteiger partial charge in [0, 0.05) is 13.2 Å². The Morgan fingerprint density at radius 3 is 2.77 bits per heavy atom. The smallest absolute Gasteiger partial charge is 0.343 e. The third-order valence-electron chi connectivity index (χ3n) is 1.35. The first-order valence-corrected chi connectivity index (χ1v) is 3.61. The molecule has 6 heteroatoms. The van der Waals surface area contributed by atoms with Crippen LogP contribution in [-0.4, -0.2) is 22.4 Å². The molecule has 0 saturated heterocycles. The SMILES string of the molecule is CCOC(=O)c1cn(C)nc1N.Cl. The van der Waals surface area contributed by atoms with Crippen LogP contribution < -0.4 is 5.73 Å². The summed E-state index contributed by atoms with van der Waals surface area (Å²) in [6.45, 7) is 2.08. The molecule has 0 radical (unpaired) electrons. The van der Waals surface area contributed by atoms with E-state index >= 15 is 0 Å². The summed E-state index contributed by atoms with van der Waals surface area (Å²) >= 11 is 0. The molecular weight excluding hydrogens is 194 g/mol. The van der Waals surface area contributed by atoms with E-state index in [9.17, 15) is 4.79 Å². The number of aryl methyl sites for hydroxylation is 1. The van der Waals surface area contributed by atoms with E-state index in [2.05, 4.69) is 5.10 Å². The van der Waals surface area contributed by atoms with Crippen molar-refractivity contribution in [2.45, 2.75) is 6.92 Å². The second-order valence-corrected chi connectivity index (χ2v) is 2.32. The number of nitrogen functional groups attached to an aromatic ring is 1. The molecule has 0 spiro atoms. The fraction of sp³-hybridized carbons (Fsp3) is 0.429. The molecule has 0 bridgehead atoms. The molecule has 74 valence electrons. The number of halogens is 1. The van der Waals surface area contributed by atoms with Crippen molar-refractivity contribution in [1.82, 2.24) is 9.78 Å². The molecule has 13 heavy (non-hydrogen) atoms. The van der Waals surface area contributed by atoms with E-state index in [1.165, 1.54) is 10.9 Å². The molecule has 1 aromatic rings. The largest absolute Gasteiger partial charge is 0.462 e. The number of nitrogens with zero attached hydrogens (tertiary/aromatic N) is 2. The van der Waals surface area contributed by atoms with Gasteiger partial charge in [0.05, 0.1) is 6.61 Å². The Morgan fingerprint density at radius 2 is 2.38 bits per heavy atom. The van der Waals surface area contributed by atoms with Crippen LogP contribution in [0.3, 0.4) is 0 Å². The monoisotopic (exact) mass is 205 g/mol. The molecule has 0 atom stereocenters. The lowest BCUT2D eigenvalue weighted by atomic mass is 10.3. The summed E-state index contributed by atoms with van der Waals surface area (Å²) in [4.78, 5) is 11.1. The maximum absolute atomic E-state index is 11.1. The number of carbonyl (C=O) groups excluding carboxylic acids is 1. The molecule has 0 aliphatic rings. The van der Waals surface area contributed by atoms with Crippen molar-refractivity contribution < 1.29 is 9.53 Å². The molecule has 0 aliphatic heterocycles. The summed E-state index contributed by atoms with van der Waals surface area (Å²) in [6, 6.07) is 0. The van der Waals surface area contributed by atoms with Gasteiger partial charge in [-0.15, -0.1) is 12.4 Å². The molecule has 5 nitrogen and oxygen atoms in total. The number of ether oxygens (including phenoxy) is 1. The number of esters is 1. The lowest BCUT2D eigenvalue weighted by Crippen LogP contribution is -2.05. The van der Waals surface area contributed by atoms with E-state index in [0.717, 1.165) is 0 Å². The number of carbonyl (C=O) groups is 1. The minimum absolute atomic E-state index is 0. The first-order valence-electron chi connectivity index (χ1n) is 3.61. The van der Waals surface area contributed by atoms with Gasteiger partial charge in [-0.2, -0.15) is 5.10 Å². The minimum atomic E-state index is -0.428. The maximum Gasteiger partial charge on any atom is 0.343 e. The van der Waals surface area contributed by atoms with Crippen LogP contribution in [0.4, 0.5) is 5.82 Å². The Hall–Kier alpha value is -1.23. The minimum Gasteiger partial charge on any atom is -0.462 e. The summed E-state index contributed by atoms with van der Waals surface area (Å²) in [5.41, 5.74) is 5.76. The first kappa shape index (κ1) is 11.8. The van der Waals surface area contributed by atoms with E-state index in [-0.39, 0.29) is 18.2 Å². The first-order chi connectivity index (χ1) is 5.65. The van der Waals surface area contributed by atoms with Crippen molar-refractivity contribution in [3.8, 4) is 0 Å². The molecule has 0 aliphatic carbocycles. The van der Waals surface area contributed by atoms with Crippen LogP contribution in [0.1, 0.15) is 17.3 Å². The summed E-state index contributed by atoms with van der Waals surface area (Å²) in [5, 5.41) is 3.81. The Balaban J connectivity index is 0.00000144. The molecular formula is C7H12ClN3O2. The molecule has 0 amide bonds. The molecule has 0 aromatic carbocycles. The van der Waals surface area contributed by atoms with Crippen molar-refractivity contribution >= 4 is 24.2 Å². The van der Waals surface area contributed by atoms with Crippen molar-refractivity contribution in [2.75, 3.05) is 12.3 Å². The molecule has 2 N–H and O–H groups in total. The molecule has 0 saturated carbocycles. The Kier molecular flexibility index (Phi) is 4.27. The summed E-state index contributed by atoms with van der Waals surface area (Å²) in [6.07, 6.45) is 1.54. The van der Waals surface area contributed by atoms with Crippen LogP contribution >= 0.6 is 12.4 Å². The van der Waals surface area contributed by atoms with Gasteiger partial charge in [-0.05, 0) is 6.92 Å². The molecule has 0 fully saturated rings. The topological polar surface area (TPSA) is 70.1 Å². The standard InChI is InChI=1S/C7H11N3O2.ClH/c1-3-12-7(11)5-4-10(2)9-6(5)8;/h4H,3H2,1-2H3,(H2,8,9);1H. The van der Waals surface area contributed by atoms with Gasteiger partial charge >= 0.3 is 5.97 Å². The van der Waals surface area contributed by atoms with Gasteiger partial charge in [-0.3, -0.25) is 4.68 Å². The molecule has 0 unspecified atom stereocenters. The van der Waals surface area contributed by atoms with Crippen LogP contribution in [0.15, 0.2) is 6.20 Å². The van der Waals surface area contributed by atoms with Gasteiger partial charge in [0.15, 0.2) is 5.82 Å². The van der Waals surface area contributed by atoms with E-state index in [4.69, 9.17) is 10.5 Å². The Labute approximate surface area is 82.3 Å². The normalized spacial score (nSPS) is 9.08. The van der Waals surface area contributed by atoms with Crippen molar-refractivity contribution in [2.24, 2.45) is 7.05 Å². The van der Waals surface area contributed by atoms with Crippen molar-refractivity contribution in [3.63, 3.8) is 0 Å². The van der Waals surface area contributed by atoms with Crippen molar-refractivity contribution in [3.05, 3.63) is 11.8 Å². The average molecular weight is 206 g/mol. The van der Waals surface area contributed by atoms with Gasteiger partial charge in [0.2, 0.25) is 0 Å². The summed E-state index contributed by atoms with van der Waals surface area (Å²) in [5.74, 6) is -0.223. The van der Waals surface area contributed by atoms with Gasteiger partial charge in [0.1, 0.15) is 5.56 Å². The second-order valence-electron chi connectivity index (χ2n) is 2.32. The number of anilines is 1. The van der Waals surface area contributed by atoms with Crippen molar-refractivity contribution in [1.29, 1.82) is 0 Å². The van der Waals surface area contributed by atoms with E-state index < -0.39 is 5.97 Å². The Bertz CT molecular complexity index is 298. The summed E-state index contributed by atoms with van der Waals surface area (Å²) < 4.78 is 6.22. The fourth-order valence-electron chi connectivity index (χ4n) is 0.872. The molecule has 1 rings (SSSR count). The lowest BCUT2D eigenvalue weighted by Gasteiger charge is -1.97. The van der Waals surface area contributed by atoms with E-state index in [1.807, 2.05) is 0 Å². The quantitative estimate of drug-likeness (QED) is 0.718. The predicted molar refractivity (Wildman–Crippen MR) is 50.8 cm³/mol. The fourth-order valence-corrected chi connectivity index (χ4v) is 0.872. The number of rotatable bonds is 2. The van der Waals surface area contributed by atoms with Crippen LogP contribution in [0, 0.1) is 0 Å². The highest BCUT2D eigenvalue weighted by molar-refractivity contribution is 5.93. The number of aromatic nitrogens is 2. The van der Waals surface area contributed by atoms with Gasteiger partial charge in [-0.25, -0.2) is 4.79 Å². The van der Waals surface area contributed by atoms with Crippen LogP contribution in [0.5, 0.6) is 0 Å². The van der Waals surface area contributed by atoms with Crippen LogP contribution in [-0.2, 0) is 11.8 Å². The number of hydrogen-bond donors (Lipinski definition) is 1. The second kappa shape index (κ2) is 4.71. The average Bonchev–Trinajstić information content (AvgIpc) is 2.30. The van der Waals surface area contributed by atoms with E-state index in [0.29, 0.717) is 12.2 Å². The van der Waals surface area contributed by atoms with Gasteiger partial charge in [-0.1, -0.05) is 0 Å². The van der Waals surface area contributed by atoms with E-state index in [1.54, 1.807) is 14.0 Å². The molecule has 1 heterocycles. The zero-order chi connectivity index (χ0) is 9.14. The lowest BCUT2D eigenvalue weighted by molar-refractivity contribution is 0.0527. The third-order valence-corrected chi connectivity index (χ3v) is 1.35. The summed E-state index contributed by atoms with van der Waals surface area (Å²) in [7, 11) is 1.69. The zero-order valence-corrected chi connectivity index (χ0v) is 8.30. The van der Waals surface area contributed by atoms with Gasteiger partial charge in [0.25, 0.3) is 0 Å². The highest BCUT2D eigenvalue weighted by Crippen LogP contribution is 2.08. The maximum atomic E-state index is 11.1. The highest BCUT2D eigenvalue weighted by atomic mass is 35.5. The molecule has 1 aromatic heterocycles. The Morgan fingerprint density at radius 1 is 1.77 bits per heavy atom. The third kappa shape index (κ3) is 2.62.